The van der Waals surface area contributed by atoms with Crippen LogP contribution < -0.4 is 0 Å². The second-order valence-electron chi connectivity index (χ2n) is 4.02. The summed E-state index contributed by atoms with van der Waals surface area (Å²) in [5, 5.41) is 10.2. The van der Waals surface area contributed by atoms with Crippen LogP contribution in [0.2, 0.25) is 0 Å². The summed E-state index contributed by atoms with van der Waals surface area (Å²) in [6.45, 7) is 4.02. The molecule has 1 aromatic heterocycles. The van der Waals surface area contributed by atoms with Crippen LogP contribution in [-0.4, -0.2) is 10.1 Å². The van der Waals surface area contributed by atoms with Crippen molar-refractivity contribution < 1.29 is 5.11 Å². The number of benzene rings is 1. The van der Waals surface area contributed by atoms with Gasteiger partial charge in [0, 0.05) is 6.20 Å². The van der Waals surface area contributed by atoms with Crippen LogP contribution >= 0.6 is 0 Å². The largest absolute Gasteiger partial charge is 0.382 e. The number of aromatic nitrogens is 1. The normalized spacial score (nSPS) is 12.4. The van der Waals surface area contributed by atoms with Crippen LogP contribution in [0.4, 0.5) is 0 Å². The average molecular weight is 213 g/mol. The molecule has 2 nitrogen and oxygen atoms in total. The SMILES string of the molecule is Cc1ccc(C)c(C(O)c2ccccn2)c1. The summed E-state index contributed by atoms with van der Waals surface area (Å²) in [5.41, 5.74) is 3.86. The van der Waals surface area contributed by atoms with Crippen LogP contribution in [0.25, 0.3) is 0 Å². The van der Waals surface area contributed by atoms with Gasteiger partial charge in [0.2, 0.25) is 0 Å². The van der Waals surface area contributed by atoms with Crippen molar-refractivity contribution in [1.29, 1.82) is 0 Å². The van der Waals surface area contributed by atoms with Crippen LogP contribution in [-0.2, 0) is 0 Å². The van der Waals surface area contributed by atoms with E-state index >= 15 is 0 Å². The van der Waals surface area contributed by atoms with Gasteiger partial charge in [0.1, 0.15) is 6.10 Å². The maximum Gasteiger partial charge on any atom is 0.121 e. The van der Waals surface area contributed by atoms with Crippen LogP contribution in [0.5, 0.6) is 0 Å². The summed E-state index contributed by atoms with van der Waals surface area (Å²) >= 11 is 0. The average Bonchev–Trinajstić information content (AvgIpc) is 2.32. The molecule has 1 N–H and O–H groups in total. The molecule has 0 radical (unpaired) electrons. The highest BCUT2D eigenvalue weighted by Crippen LogP contribution is 2.23. The molecule has 1 unspecified atom stereocenters. The van der Waals surface area contributed by atoms with Crippen molar-refractivity contribution in [2.24, 2.45) is 0 Å². The van der Waals surface area contributed by atoms with E-state index in [0.717, 1.165) is 16.7 Å². The summed E-state index contributed by atoms with van der Waals surface area (Å²) in [7, 11) is 0. The lowest BCUT2D eigenvalue weighted by Gasteiger charge is -2.13. The second-order valence-corrected chi connectivity index (χ2v) is 4.02. The van der Waals surface area contributed by atoms with Gasteiger partial charge in [0.05, 0.1) is 5.69 Å². The van der Waals surface area contributed by atoms with Gasteiger partial charge in [0.15, 0.2) is 0 Å². The van der Waals surface area contributed by atoms with E-state index in [2.05, 4.69) is 4.98 Å². The number of nitrogens with zero attached hydrogens (tertiary/aromatic N) is 1. The summed E-state index contributed by atoms with van der Waals surface area (Å²) in [4.78, 5) is 4.18. The van der Waals surface area contributed by atoms with Crippen molar-refractivity contribution in [3.8, 4) is 0 Å². The summed E-state index contributed by atoms with van der Waals surface area (Å²) in [6.07, 6.45) is 1.06. The third kappa shape index (κ3) is 2.12. The topological polar surface area (TPSA) is 33.1 Å². The van der Waals surface area contributed by atoms with E-state index in [0.29, 0.717) is 5.69 Å². The highest BCUT2D eigenvalue weighted by Gasteiger charge is 2.13. The smallest absolute Gasteiger partial charge is 0.121 e. The molecule has 0 aliphatic rings. The Morgan fingerprint density at radius 1 is 1.12 bits per heavy atom. The minimum atomic E-state index is -0.638. The van der Waals surface area contributed by atoms with Gasteiger partial charge in [-0.05, 0) is 37.1 Å². The predicted molar refractivity (Wildman–Crippen MR) is 64.2 cm³/mol. The number of hydrogen-bond acceptors (Lipinski definition) is 2. The molecule has 2 rings (SSSR count). The lowest BCUT2D eigenvalue weighted by atomic mass is 9.99. The number of pyridine rings is 1. The monoisotopic (exact) mass is 213 g/mol. The number of rotatable bonds is 2. The van der Waals surface area contributed by atoms with Gasteiger partial charge in [-0.15, -0.1) is 0 Å². The number of hydrogen-bond donors (Lipinski definition) is 1. The molecule has 2 heteroatoms. The van der Waals surface area contributed by atoms with Crippen molar-refractivity contribution in [1.82, 2.24) is 4.98 Å². The van der Waals surface area contributed by atoms with E-state index in [1.165, 1.54) is 0 Å². The number of aryl methyl sites for hydroxylation is 2. The van der Waals surface area contributed by atoms with Crippen LogP contribution in [0.1, 0.15) is 28.5 Å². The molecule has 0 saturated carbocycles. The fourth-order valence-corrected chi connectivity index (χ4v) is 1.75. The summed E-state index contributed by atoms with van der Waals surface area (Å²) in [6, 6.07) is 11.7. The Balaban J connectivity index is 2.41. The molecular weight excluding hydrogens is 198 g/mol. The molecule has 2 aromatic rings. The highest BCUT2D eigenvalue weighted by molar-refractivity contribution is 5.35. The third-order valence-corrected chi connectivity index (χ3v) is 2.70. The van der Waals surface area contributed by atoms with Crippen molar-refractivity contribution in [2.75, 3.05) is 0 Å². The Labute approximate surface area is 95.6 Å². The Bertz CT molecular complexity index is 479. The van der Waals surface area contributed by atoms with Crippen LogP contribution in [0.3, 0.4) is 0 Å². The van der Waals surface area contributed by atoms with E-state index in [-0.39, 0.29) is 0 Å². The highest BCUT2D eigenvalue weighted by atomic mass is 16.3. The van der Waals surface area contributed by atoms with Gasteiger partial charge in [0.25, 0.3) is 0 Å². The zero-order valence-corrected chi connectivity index (χ0v) is 9.51. The fourth-order valence-electron chi connectivity index (χ4n) is 1.75. The first-order chi connectivity index (χ1) is 7.68. The number of aliphatic hydroxyl groups excluding tert-OH is 1. The maximum atomic E-state index is 10.2. The van der Waals surface area contributed by atoms with Gasteiger partial charge in [-0.1, -0.05) is 29.8 Å². The van der Waals surface area contributed by atoms with E-state index in [1.807, 2.05) is 50.2 Å². The molecule has 0 saturated heterocycles. The van der Waals surface area contributed by atoms with E-state index in [9.17, 15) is 5.11 Å². The van der Waals surface area contributed by atoms with Gasteiger partial charge >= 0.3 is 0 Å². The van der Waals surface area contributed by atoms with E-state index in [4.69, 9.17) is 0 Å². The molecular formula is C14H15NO. The molecule has 0 amide bonds. The Morgan fingerprint density at radius 2 is 1.94 bits per heavy atom. The van der Waals surface area contributed by atoms with Crippen molar-refractivity contribution >= 4 is 0 Å². The minimum Gasteiger partial charge on any atom is -0.382 e. The lowest BCUT2D eigenvalue weighted by Crippen LogP contribution is -2.04. The molecule has 1 heterocycles. The second kappa shape index (κ2) is 4.45. The zero-order chi connectivity index (χ0) is 11.5. The first-order valence-corrected chi connectivity index (χ1v) is 5.34. The Morgan fingerprint density at radius 3 is 2.62 bits per heavy atom. The van der Waals surface area contributed by atoms with Crippen molar-refractivity contribution in [2.45, 2.75) is 20.0 Å². The Kier molecular flexibility index (Phi) is 3.02. The van der Waals surface area contributed by atoms with Gasteiger partial charge in [-0.2, -0.15) is 0 Å². The lowest BCUT2D eigenvalue weighted by molar-refractivity contribution is 0.214. The van der Waals surface area contributed by atoms with Crippen LogP contribution in [0.15, 0.2) is 42.6 Å². The quantitative estimate of drug-likeness (QED) is 0.832. The molecule has 0 bridgehead atoms. The molecule has 1 aromatic carbocycles. The molecule has 1 atom stereocenters. The van der Waals surface area contributed by atoms with Crippen molar-refractivity contribution in [3.05, 3.63) is 65.0 Å². The first-order valence-electron chi connectivity index (χ1n) is 5.34. The molecule has 0 spiro atoms. The van der Waals surface area contributed by atoms with Crippen LogP contribution in [0, 0.1) is 13.8 Å². The maximum absolute atomic E-state index is 10.2. The molecule has 82 valence electrons. The zero-order valence-electron chi connectivity index (χ0n) is 9.51. The fraction of sp³-hybridized carbons (Fsp3) is 0.214. The Hall–Kier alpha value is -1.67. The minimum absolute atomic E-state index is 0.638. The van der Waals surface area contributed by atoms with Gasteiger partial charge in [-0.25, -0.2) is 0 Å². The first kappa shape index (κ1) is 10.8. The third-order valence-electron chi connectivity index (χ3n) is 2.70. The predicted octanol–water partition coefficient (Wildman–Crippen LogP) is 2.78. The van der Waals surface area contributed by atoms with Gasteiger partial charge < -0.3 is 5.11 Å². The van der Waals surface area contributed by atoms with Gasteiger partial charge in [-0.3, -0.25) is 4.98 Å². The molecule has 0 aliphatic heterocycles. The standard InChI is InChI=1S/C14H15NO/c1-10-6-7-11(2)12(9-10)14(16)13-5-3-4-8-15-13/h3-9,14,16H,1-2H3. The molecule has 16 heavy (non-hydrogen) atoms. The summed E-state index contributed by atoms with van der Waals surface area (Å²) < 4.78 is 0. The number of aliphatic hydroxyl groups is 1. The van der Waals surface area contributed by atoms with E-state index in [1.54, 1.807) is 6.20 Å². The van der Waals surface area contributed by atoms with E-state index < -0.39 is 6.10 Å². The molecule has 0 fully saturated rings. The van der Waals surface area contributed by atoms with Crippen molar-refractivity contribution in [3.63, 3.8) is 0 Å². The summed E-state index contributed by atoms with van der Waals surface area (Å²) in [5.74, 6) is 0. The molecule has 0 aliphatic carbocycles.